The molecule has 0 radical (unpaired) electrons. The number of aromatic nitrogens is 2. The highest BCUT2D eigenvalue weighted by atomic mass is 16.1. The number of nitrogens with one attached hydrogen (secondary N) is 1. The maximum atomic E-state index is 12.4. The number of rotatable bonds is 6. The second-order valence-corrected chi connectivity index (χ2v) is 6.20. The third-order valence-corrected chi connectivity index (χ3v) is 4.30. The van der Waals surface area contributed by atoms with Gasteiger partial charge in [-0.15, -0.1) is 0 Å². The van der Waals surface area contributed by atoms with Gasteiger partial charge in [0.05, 0.1) is 11.9 Å². The van der Waals surface area contributed by atoms with Gasteiger partial charge in [-0.3, -0.25) is 9.78 Å². The largest absolute Gasteiger partial charge is 0.373 e. The molecule has 5 nitrogen and oxygen atoms in total. The number of aryl methyl sites for hydroxylation is 1. The zero-order valence-corrected chi connectivity index (χ0v) is 15.0. The second-order valence-electron chi connectivity index (χ2n) is 6.20. The number of pyridine rings is 2. The maximum Gasteiger partial charge on any atom is 0.274 e. The summed E-state index contributed by atoms with van der Waals surface area (Å²) in [6.45, 7) is 2.82. The summed E-state index contributed by atoms with van der Waals surface area (Å²) in [5, 5.41) is 2.90. The molecule has 2 heterocycles. The summed E-state index contributed by atoms with van der Waals surface area (Å²) in [7, 11) is 2.02. The Morgan fingerprint density at radius 3 is 2.54 bits per heavy atom. The van der Waals surface area contributed by atoms with Crippen LogP contribution in [0.3, 0.4) is 0 Å². The van der Waals surface area contributed by atoms with Crippen molar-refractivity contribution in [2.45, 2.75) is 13.3 Å². The van der Waals surface area contributed by atoms with Crippen molar-refractivity contribution in [3.8, 4) is 0 Å². The highest BCUT2D eigenvalue weighted by Crippen LogP contribution is 2.16. The Hall–Kier alpha value is -3.21. The minimum Gasteiger partial charge on any atom is -0.373 e. The number of hydrogen-bond acceptors (Lipinski definition) is 4. The van der Waals surface area contributed by atoms with Crippen molar-refractivity contribution >= 4 is 17.3 Å². The molecule has 1 amide bonds. The minimum absolute atomic E-state index is 0.203. The summed E-state index contributed by atoms with van der Waals surface area (Å²) in [6.07, 6.45) is 6.27. The number of carbonyl (C=O) groups is 1. The van der Waals surface area contributed by atoms with Gasteiger partial charge in [0.1, 0.15) is 5.69 Å². The lowest BCUT2D eigenvalue weighted by Gasteiger charge is -2.19. The van der Waals surface area contributed by atoms with Crippen LogP contribution in [0.15, 0.2) is 67.1 Å². The summed E-state index contributed by atoms with van der Waals surface area (Å²) in [5.41, 5.74) is 4.45. The molecular formula is C21H22N4O. The molecule has 0 saturated carbocycles. The van der Waals surface area contributed by atoms with E-state index in [9.17, 15) is 4.79 Å². The number of anilines is 2. The first kappa shape index (κ1) is 17.6. The van der Waals surface area contributed by atoms with E-state index in [2.05, 4.69) is 20.2 Å². The summed E-state index contributed by atoms with van der Waals surface area (Å²) < 4.78 is 0. The monoisotopic (exact) mass is 346 g/mol. The summed E-state index contributed by atoms with van der Waals surface area (Å²) in [6, 6.07) is 15.4. The third kappa shape index (κ3) is 4.45. The quantitative estimate of drug-likeness (QED) is 0.739. The molecule has 0 unspecified atom stereocenters. The Labute approximate surface area is 153 Å². The van der Waals surface area contributed by atoms with Crippen LogP contribution in [0.5, 0.6) is 0 Å². The van der Waals surface area contributed by atoms with E-state index in [4.69, 9.17) is 0 Å². The van der Waals surface area contributed by atoms with Gasteiger partial charge in [-0.05, 0) is 54.8 Å². The van der Waals surface area contributed by atoms with Gasteiger partial charge in [0.15, 0.2) is 0 Å². The van der Waals surface area contributed by atoms with Crippen LogP contribution in [-0.4, -0.2) is 29.5 Å². The normalized spacial score (nSPS) is 10.4. The van der Waals surface area contributed by atoms with Gasteiger partial charge < -0.3 is 10.2 Å². The van der Waals surface area contributed by atoms with Crippen LogP contribution in [0.25, 0.3) is 0 Å². The Balaban J connectivity index is 1.60. The van der Waals surface area contributed by atoms with E-state index >= 15 is 0 Å². The Morgan fingerprint density at radius 1 is 1.08 bits per heavy atom. The first-order valence-corrected chi connectivity index (χ1v) is 8.56. The van der Waals surface area contributed by atoms with E-state index in [0.717, 1.165) is 29.9 Å². The van der Waals surface area contributed by atoms with Crippen LogP contribution < -0.4 is 10.2 Å². The van der Waals surface area contributed by atoms with E-state index in [1.54, 1.807) is 24.7 Å². The van der Waals surface area contributed by atoms with Crippen LogP contribution in [0.1, 0.15) is 21.6 Å². The number of carbonyl (C=O) groups excluding carboxylic acids is 1. The molecule has 0 bridgehead atoms. The molecule has 132 valence electrons. The summed E-state index contributed by atoms with van der Waals surface area (Å²) >= 11 is 0. The van der Waals surface area contributed by atoms with Gasteiger partial charge in [0, 0.05) is 31.7 Å². The number of nitrogens with zero attached hydrogens (tertiary/aromatic N) is 3. The molecule has 0 aliphatic rings. The van der Waals surface area contributed by atoms with Crippen LogP contribution >= 0.6 is 0 Å². The fourth-order valence-corrected chi connectivity index (χ4v) is 2.62. The number of amides is 1. The van der Waals surface area contributed by atoms with E-state index < -0.39 is 0 Å². The Bertz CT molecular complexity index is 863. The molecule has 0 aliphatic heterocycles. The number of hydrogen-bond donors (Lipinski definition) is 1. The molecule has 0 fully saturated rings. The minimum atomic E-state index is -0.203. The molecule has 3 aromatic rings. The van der Waals surface area contributed by atoms with Crippen molar-refractivity contribution in [3.63, 3.8) is 0 Å². The highest BCUT2D eigenvalue weighted by molar-refractivity contribution is 6.03. The second kappa shape index (κ2) is 8.25. The molecule has 1 aromatic carbocycles. The average Bonchev–Trinajstić information content (AvgIpc) is 2.69. The van der Waals surface area contributed by atoms with Crippen molar-refractivity contribution in [2.75, 3.05) is 23.8 Å². The highest BCUT2D eigenvalue weighted by Gasteiger charge is 2.10. The lowest BCUT2D eigenvalue weighted by Crippen LogP contribution is -2.21. The average molecular weight is 346 g/mol. The topological polar surface area (TPSA) is 58.1 Å². The SMILES string of the molecule is Cc1ccccc1NC(=O)c1ccc(N(C)CCc2ccncc2)cn1. The van der Waals surface area contributed by atoms with Gasteiger partial charge in [-0.1, -0.05) is 18.2 Å². The van der Waals surface area contributed by atoms with Gasteiger partial charge in [-0.2, -0.15) is 0 Å². The van der Waals surface area contributed by atoms with E-state index in [-0.39, 0.29) is 5.91 Å². The van der Waals surface area contributed by atoms with Gasteiger partial charge >= 0.3 is 0 Å². The van der Waals surface area contributed by atoms with Crippen molar-refractivity contribution in [2.24, 2.45) is 0 Å². The molecule has 0 atom stereocenters. The lowest BCUT2D eigenvalue weighted by molar-refractivity contribution is 0.102. The summed E-state index contributed by atoms with van der Waals surface area (Å²) in [5.74, 6) is -0.203. The van der Waals surface area contributed by atoms with Crippen LogP contribution in [0, 0.1) is 6.92 Å². The first-order valence-electron chi connectivity index (χ1n) is 8.56. The fraction of sp³-hybridized carbons (Fsp3) is 0.190. The van der Waals surface area contributed by atoms with E-state index in [0.29, 0.717) is 5.69 Å². The fourth-order valence-electron chi connectivity index (χ4n) is 2.62. The molecule has 0 saturated heterocycles. The van der Waals surface area contributed by atoms with Crippen molar-refractivity contribution in [1.29, 1.82) is 0 Å². The Kier molecular flexibility index (Phi) is 5.59. The number of likely N-dealkylation sites (N-methyl/N-ethyl adjacent to an activating group) is 1. The van der Waals surface area contributed by atoms with Crippen molar-refractivity contribution in [3.05, 3.63) is 83.9 Å². The lowest BCUT2D eigenvalue weighted by atomic mass is 10.2. The van der Waals surface area contributed by atoms with Crippen LogP contribution in [0.2, 0.25) is 0 Å². The predicted molar refractivity (Wildman–Crippen MR) is 105 cm³/mol. The van der Waals surface area contributed by atoms with Gasteiger partial charge in [0.2, 0.25) is 0 Å². The molecule has 2 aromatic heterocycles. The van der Waals surface area contributed by atoms with E-state index in [1.807, 2.05) is 56.4 Å². The maximum absolute atomic E-state index is 12.4. The molecule has 0 spiro atoms. The number of benzene rings is 1. The molecule has 26 heavy (non-hydrogen) atoms. The standard InChI is InChI=1S/C21H22N4O/c1-16-5-3-4-6-19(16)24-21(26)20-8-7-18(15-23-20)25(2)14-11-17-9-12-22-13-10-17/h3-10,12-13,15H,11,14H2,1-2H3,(H,24,26). The molecule has 0 aliphatic carbocycles. The Morgan fingerprint density at radius 2 is 1.85 bits per heavy atom. The van der Waals surface area contributed by atoms with Crippen molar-refractivity contribution in [1.82, 2.24) is 9.97 Å². The molecule has 5 heteroatoms. The van der Waals surface area contributed by atoms with Crippen molar-refractivity contribution < 1.29 is 4.79 Å². The molecular weight excluding hydrogens is 324 g/mol. The summed E-state index contributed by atoms with van der Waals surface area (Å²) in [4.78, 5) is 22.8. The first-order chi connectivity index (χ1) is 12.6. The van der Waals surface area contributed by atoms with Crippen LogP contribution in [0.4, 0.5) is 11.4 Å². The smallest absolute Gasteiger partial charge is 0.274 e. The molecule has 3 rings (SSSR count). The van der Waals surface area contributed by atoms with Gasteiger partial charge in [-0.25, -0.2) is 4.98 Å². The number of para-hydroxylation sites is 1. The third-order valence-electron chi connectivity index (χ3n) is 4.30. The zero-order chi connectivity index (χ0) is 18.4. The van der Waals surface area contributed by atoms with Gasteiger partial charge in [0.25, 0.3) is 5.91 Å². The van der Waals surface area contributed by atoms with E-state index in [1.165, 1.54) is 5.56 Å². The predicted octanol–water partition coefficient (Wildman–Crippen LogP) is 3.72. The molecule has 1 N–H and O–H groups in total. The van der Waals surface area contributed by atoms with Crippen LogP contribution in [-0.2, 0) is 6.42 Å². The zero-order valence-electron chi connectivity index (χ0n) is 15.0.